The standard InChI is InChI=1S/C67H41N3/c1-2-18-42(19-3-1)43-20-14-21-44(40-43)68(45-22-15-23-46(41-45)69-59-34-11-6-26-49(59)50-27-7-12-35-60(50)69)62-37-17-30-53-52-29-16-33-57-63(52)64-58(39-38-54-51-28-8-13-36-61(51)70(65(53)62)66(54)64)67(57)55-31-9-4-24-47(55)48-25-5-10-32-56(48)67/h1-41H. The molecule has 2 aromatic heterocycles. The maximum Gasteiger partial charge on any atom is 0.0782 e. The molecule has 13 aromatic rings. The van der Waals surface area contributed by atoms with E-state index in [1.54, 1.807) is 0 Å². The van der Waals surface area contributed by atoms with Gasteiger partial charge in [0.1, 0.15) is 0 Å². The summed E-state index contributed by atoms with van der Waals surface area (Å²) in [6, 6.07) is 92.9. The fourth-order valence-electron chi connectivity index (χ4n) is 13.2. The van der Waals surface area contributed by atoms with E-state index in [9.17, 15) is 0 Å². The summed E-state index contributed by atoms with van der Waals surface area (Å²) in [4.78, 5) is 2.51. The Morgan fingerprint density at radius 1 is 0.314 bits per heavy atom. The molecule has 0 unspecified atom stereocenters. The molecule has 3 heteroatoms. The predicted molar refractivity (Wildman–Crippen MR) is 291 cm³/mol. The Labute approximate surface area is 405 Å². The van der Waals surface area contributed by atoms with Crippen LogP contribution in [-0.4, -0.2) is 9.13 Å². The van der Waals surface area contributed by atoms with Crippen molar-refractivity contribution in [2.75, 3.05) is 4.90 Å². The van der Waals surface area contributed by atoms with Gasteiger partial charge in [-0.3, -0.25) is 0 Å². The van der Waals surface area contributed by atoms with Gasteiger partial charge in [0.2, 0.25) is 0 Å². The Kier molecular flexibility index (Phi) is 7.54. The van der Waals surface area contributed by atoms with E-state index in [0.717, 1.165) is 22.7 Å². The van der Waals surface area contributed by atoms with E-state index in [1.165, 1.54) is 116 Å². The van der Waals surface area contributed by atoms with Crippen LogP contribution in [0.4, 0.5) is 17.1 Å². The monoisotopic (exact) mass is 887 g/mol. The Morgan fingerprint density at radius 3 is 1.56 bits per heavy atom. The maximum absolute atomic E-state index is 2.63. The third-order valence-corrected chi connectivity index (χ3v) is 15.8. The molecule has 16 rings (SSSR count). The summed E-state index contributed by atoms with van der Waals surface area (Å²) >= 11 is 0. The van der Waals surface area contributed by atoms with Crippen molar-refractivity contribution in [2.45, 2.75) is 5.41 Å². The van der Waals surface area contributed by atoms with E-state index in [0.29, 0.717) is 0 Å². The zero-order valence-electron chi connectivity index (χ0n) is 38.0. The van der Waals surface area contributed by atoms with Crippen LogP contribution in [0.25, 0.3) is 99.5 Å². The number of aromatic nitrogens is 2. The van der Waals surface area contributed by atoms with Crippen LogP contribution in [0, 0.1) is 0 Å². The van der Waals surface area contributed by atoms with Gasteiger partial charge in [-0.15, -0.1) is 0 Å². The summed E-state index contributed by atoms with van der Waals surface area (Å²) in [6.45, 7) is 0. The van der Waals surface area contributed by atoms with Crippen molar-refractivity contribution in [3.05, 3.63) is 271 Å². The lowest BCUT2D eigenvalue weighted by Gasteiger charge is -2.32. The molecule has 2 aliphatic carbocycles. The average Bonchev–Trinajstić information content (AvgIpc) is 4.11. The number of hydrogen-bond donors (Lipinski definition) is 0. The van der Waals surface area contributed by atoms with Crippen LogP contribution in [-0.2, 0) is 5.41 Å². The highest BCUT2D eigenvalue weighted by Gasteiger charge is 2.53. The highest BCUT2D eigenvalue weighted by molar-refractivity contribution is 6.20. The second-order valence-electron chi connectivity index (χ2n) is 19.1. The molecular formula is C67H41N3. The zero-order valence-corrected chi connectivity index (χ0v) is 38.0. The van der Waals surface area contributed by atoms with Gasteiger partial charge in [-0.25, -0.2) is 0 Å². The van der Waals surface area contributed by atoms with Crippen LogP contribution in [0.2, 0.25) is 0 Å². The summed E-state index contributed by atoms with van der Waals surface area (Å²) in [5, 5.41) is 5.01. The van der Waals surface area contributed by atoms with Crippen molar-refractivity contribution in [2.24, 2.45) is 0 Å². The van der Waals surface area contributed by atoms with Crippen molar-refractivity contribution in [1.82, 2.24) is 9.13 Å². The summed E-state index contributed by atoms with van der Waals surface area (Å²) in [7, 11) is 0. The summed E-state index contributed by atoms with van der Waals surface area (Å²) < 4.78 is 5.06. The first kappa shape index (κ1) is 37.9. The lowest BCUT2D eigenvalue weighted by molar-refractivity contribution is 0.794. The fraction of sp³-hybridized carbons (Fsp3) is 0.0149. The molecule has 0 amide bonds. The molecule has 1 aliphatic heterocycles. The second kappa shape index (κ2) is 13.9. The van der Waals surface area contributed by atoms with E-state index in [1.807, 2.05) is 0 Å². The molecule has 0 radical (unpaired) electrons. The van der Waals surface area contributed by atoms with Crippen molar-refractivity contribution in [3.63, 3.8) is 0 Å². The molecule has 0 saturated heterocycles. The third kappa shape index (κ3) is 4.78. The molecule has 324 valence electrons. The number of nitrogens with zero attached hydrogens (tertiary/aromatic N) is 3. The number of fused-ring (bicyclic) bond motifs is 16. The summed E-state index contributed by atoms with van der Waals surface area (Å²) in [5.41, 5.74) is 25.4. The molecule has 0 bridgehead atoms. The average molecular weight is 888 g/mol. The Bertz CT molecular complexity index is 4280. The van der Waals surface area contributed by atoms with Crippen LogP contribution in [0.3, 0.4) is 0 Å². The normalized spacial score (nSPS) is 13.3. The van der Waals surface area contributed by atoms with Gasteiger partial charge in [-0.1, -0.05) is 194 Å². The van der Waals surface area contributed by atoms with Crippen molar-refractivity contribution >= 4 is 60.7 Å². The van der Waals surface area contributed by atoms with Crippen molar-refractivity contribution in [1.29, 1.82) is 0 Å². The zero-order chi connectivity index (χ0) is 45.7. The van der Waals surface area contributed by atoms with E-state index >= 15 is 0 Å². The molecule has 70 heavy (non-hydrogen) atoms. The third-order valence-electron chi connectivity index (χ3n) is 15.8. The number of anilines is 3. The smallest absolute Gasteiger partial charge is 0.0782 e. The Morgan fingerprint density at radius 2 is 0.829 bits per heavy atom. The highest BCUT2D eigenvalue weighted by Crippen LogP contribution is 2.67. The van der Waals surface area contributed by atoms with Crippen LogP contribution < -0.4 is 4.90 Å². The maximum atomic E-state index is 2.63. The molecule has 0 fully saturated rings. The van der Waals surface area contributed by atoms with Gasteiger partial charge >= 0.3 is 0 Å². The van der Waals surface area contributed by atoms with Gasteiger partial charge < -0.3 is 14.0 Å². The number of benzene rings is 11. The lowest BCUT2D eigenvalue weighted by Crippen LogP contribution is -2.26. The van der Waals surface area contributed by atoms with Crippen LogP contribution in [0.1, 0.15) is 22.3 Å². The predicted octanol–water partition coefficient (Wildman–Crippen LogP) is 17.3. The van der Waals surface area contributed by atoms with Gasteiger partial charge in [0.25, 0.3) is 0 Å². The second-order valence-corrected chi connectivity index (χ2v) is 19.1. The van der Waals surface area contributed by atoms with Gasteiger partial charge in [0, 0.05) is 49.7 Å². The quantitative estimate of drug-likeness (QED) is 0.168. The first-order valence-electron chi connectivity index (χ1n) is 24.4. The fourth-order valence-corrected chi connectivity index (χ4v) is 13.2. The van der Waals surface area contributed by atoms with E-state index in [4.69, 9.17) is 0 Å². The largest absolute Gasteiger partial charge is 0.309 e. The number of rotatable bonds is 5. The summed E-state index contributed by atoms with van der Waals surface area (Å²) in [6.07, 6.45) is 0. The van der Waals surface area contributed by atoms with Gasteiger partial charge in [0.15, 0.2) is 0 Å². The molecule has 0 atom stereocenters. The topological polar surface area (TPSA) is 13.1 Å². The molecule has 3 nitrogen and oxygen atoms in total. The van der Waals surface area contributed by atoms with E-state index in [-0.39, 0.29) is 0 Å². The first-order chi connectivity index (χ1) is 34.8. The van der Waals surface area contributed by atoms with Gasteiger partial charge in [0.05, 0.1) is 38.9 Å². The molecule has 3 aliphatic rings. The lowest BCUT2D eigenvalue weighted by atomic mass is 9.70. The summed E-state index contributed by atoms with van der Waals surface area (Å²) in [5.74, 6) is 0. The van der Waals surface area contributed by atoms with Crippen molar-refractivity contribution in [3.8, 4) is 55.9 Å². The number of hydrogen-bond acceptors (Lipinski definition) is 1. The molecular weight excluding hydrogens is 847 g/mol. The van der Waals surface area contributed by atoms with E-state index in [2.05, 4.69) is 263 Å². The molecule has 3 heterocycles. The van der Waals surface area contributed by atoms with Crippen LogP contribution in [0.15, 0.2) is 249 Å². The van der Waals surface area contributed by atoms with Gasteiger partial charge in [-0.05, 0) is 110 Å². The first-order valence-corrected chi connectivity index (χ1v) is 24.4. The Balaban J connectivity index is 1.03. The SMILES string of the molecule is c1ccc(-c2cccc(N(c3cccc(-n4c5ccccc5c5ccccc54)c3)c3cccc4c3-n3c5ccccc5c5ccc6c(c53)-c3c-4cccc3C63c4ccccc4-c4ccccc43)c2)cc1. The number of para-hydroxylation sites is 4. The molecule has 0 saturated carbocycles. The Hall–Kier alpha value is -9.18. The van der Waals surface area contributed by atoms with Crippen LogP contribution >= 0.6 is 0 Å². The minimum absolute atomic E-state index is 0.463. The molecule has 0 N–H and O–H groups in total. The van der Waals surface area contributed by atoms with Crippen molar-refractivity contribution < 1.29 is 0 Å². The van der Waals surface area contributed by atoms with Crippen LogP contribution in [0.5, 0.6) is 0 Å². The molecule has 1 spiro atoms. The molecule has 11 aromatic carbocycles. The van der Waals surface area contributed by atoms with E-state index < -0.39 is 5.41 Å². The minimum atomic E-state index is -0.463. The van der Waals surface area contributed by atoms with Gasteiger partial charge in [-0.2, -0.15) is 0 Å². The highest BCUT2D eigenvalue weighted by atomic mass is 15.2. The minimum Gasteiger partial charge on any atom is -0.309 e.